The van der Waals surface area contributed by atoms with Crippen molar-refractivity contribution in [2.24, 2.45) is 11.8 Å². The predicted octanol–water partition coefficient (Wildman–Crippen LogP) is 2.22. The summed E-state index contributed by atoms with van der Waals surface area (Å²) in [6, 6.07) is 0. The van der Waals surface area contributed by atoms with E-state index in [0.717, 1.165) is 25.7 Å². The molecule has 0 heterocycles. The Kier molecular flexibility index (Phi) is 4.77. The van der Waals surface area contributed by atoms with Crippen LogP contribution in [0.2, 0.25) is 0 Å². The minimum absolute atomic E-state index is 0.252. The molecule has 1 aliphatic rings. The number of carboxylic acid groups (broad SMARTS) is 1. The van der Waals surface area contributed by atoms with Crippen molar-refractivity contribution < 1.29 is 19.4 Å². The Hall–Kier alpha value is -1.06. The lowest BCUT2D eigenvalue weighted by molar-refractivity contribution is -0.162. The summed E-state index contributed by atoms with van der Waals surface area (Å²) in [5, 5.41) is 9.02. The van der Waals surface area contributed by atoms with E-state index in [1.54, 1.807) is 13.8 Å². The molecule has 4 heteroatoms. The molecule has 0 aromatic rings. The molecule has 0 saturated heterocycles. The molecule has 1 rings (SSSR count). The molecule has 1 saturated carbocycles. The Bertz CT molecular complexity index is 254. The maximum atomic E-state index is 11.6. The molecule has 1 N–H and O–H groups in total. The monoisotopic (exact) mass is 228 g/mol. The number of ether oxygens (including phenoxy) is 1. The molecule has 0 aromatic heterocycles. The fraction of sp³-hybridized carbons (Fsp3) is 0.833. The van der Waals surface area contributed by atoms with Crippen LogP contribution in [0.3, 0.4) is 0 Å². The largest absolute Gasteiger partial charge is 0.481 e. The fourth-order valence-electron chi connectivity index (χ4n) is 2.19. The van der Waals surface area contributed by atoms with Crippen molar-refractivity contribution in [1.29, 1.82) is 0 Å². The van der Waals surface area contributed by atoms with Gasteiger partial charge in [-0.2, -0.15) is 0 Å². The highest BCUT2D eigenvalue weighted by Gasteiger charge is 2.32. The van der Waals surface area contributed by atoms with Gasteiger partial charge in [-0.05, 0) is 26.2 Å². The average Bonchev–Trinajstić information content (AvgIpc) is 2.64. The van der Waals surface area contributed by atoms with Crippen LogP contribution in [0.4, 0.5) is 0 Å². The van der Waals surface area contributed by atoms with Crippen LogP contribution in [0.15, 0.2) is 0 Å². The Morgan fingerprint density at radius 1 is 1.31 bits per heavy atom. The molecule has 1 aliphatic carbocycles. The lowest BCUT2D eigenvalue weighted by Gasteiger charge is -2.17. The van der Waals surface area contributed by atoms with Crippen LogP contribution in [0.25, 0.3) is 0 Å². The molecule has 1 atom stereocenters. The summed E-state index contributed by atoms with van der Waals surface area (Å²) in [6.07, 6.45) is 4.56. The van der Waals surface area contributed by atoms with Crippen LogP contribution in [0, 0.1) is 11.8 Å². The number of carboxylic acids is 1. The molecule has 92 valence electrons. The van der Waals surface area contributed by atoms with Crippen molar-refractivity contribution in [3.8, 4) is 0 Å². The molecule has 0 spiro atoms. The predicted molar refractivity (Wildman–Crippen MR) is 58.9 cm³/mol. The van der Waals surface area contributed by atoms with Crippen molar-refractivity contribution in [3.63, 3.8) is 0 Å². The maximum Gasteiger partial charge on any atom is 0.320 e. The van der Waals surface area contributed by atoms with E-state index < -0.39 is 17.9 Å². The van der Waals surface area contributed by atoms with Crippen molar-refractivity contribution in [2.75, 3.05) is 0 Å². The van der Waals surface area contributed by atoms with Gasteiger partial charge in [-0.1, -0.05) is 25.7 Å². The summed E-state index contributed by atoms with van der Waals surface area (Å²) in [5.74, 6) is -2.25. The number of carbonyl (C=O) groups is 2. The van der Waals surface area contributed by atoms with Crippen molar-refractivity contribution in [1.82, 2.24) is 0 Å². The second kappa shape index (κ2) is 5.87. The fourth-order valence-corrected chi connectivity index (χ4v) is 2.19. The summed E-state index contributed by atoms with van der Waals surface area (Å²) < 4.78 is 4.96. The Morgan fingerprint density at radius 3 is 2.31 bits per heavy atom. The van der Waals surface area contributed by atoms with Gasteiger partial charge < -0.3 is 9.84 Å². The van der Waals surface area contributed by atoms with E-state index >= 15 is 0 Å². The lowest BCUT2D eigenvalue weighted by Crippen LogP contribution is -2.29. The minimum atomic E-state index is -1.06. The second-order valence-corrected chi connectivity index (χ2v) is 4.76. The van der Waals surface area contributed by atoms with Gasteiger partial charge in [-0.3, -0.25) is 9.59 Å². The topological polar surface area (TPSA) is 63.6 Å². The van der Waals surface area contributed by atoms with Gasteiger partial charge in [0, 0.05) is 0 Å². The molecule has 1 fully saturated rings. The number of rotatable bonds is 5. The third-order valence-corrected chi connectivity index (χ3v) is 2.98. The van der Waals surface area contributed by atoms with E-state index in [9.17, 15) is 9.59 Å². The van der Waals surface area contributed by atoms with E-state index in [1.165, 1.54) is 0 Å². The van der Waals surface area contributed by atoms with Crippen LogP contribution >= 0.6 is 0 Å². The zero-order chi connectivity index (χ0) is 12.1. The molecule has 0 bridgehead atoms. The second-order valence-electron chi connectivity index (χ2n) is 4.76. The van der Waals surface area contributed by atoms with Crippen molar-refractivity contribution in [3.05, 3.63) is 0 Å². The number of carbonyl (C=O) groups excluding carboxylic acids is 1. The van der Waals surface area contributed by atoms with E-state index in [4.69, 9.17) is 9.84 Å². The van der Waals surface area contributed by atoms with Crippen molar-refractivity contribution >= 4 is 11.9 Å². The Balaban J connectivity index is 2.52. The Labute approximate surface area is 96.0 Å². The van der Waals surface area contributed by atoms with Crippen LogP contribution in [-0.4, -0.2) is 23.1 Å². The van der Waals surface area contributed by atoms with Crippen molar-refractivity contribution in [2.45, 2.75) is 52.1 Å². The summed E-state index contributed by atoms with van der Waals surface area (Å²) in [4.78, 5) is 22.6. The van der Waals surface area contributed by atoms with Gasteiger partial charge in [0.05, 0.1) is 6.10 Å². The molecule has 4 nitrogen and oxygen atoms in total. The first-order valence-electron chi connectivity index (χ1n) is 5.94. The molecular weight excluding hydrogens is 208 g/mol. The summed E-state index contributed by atoms with van der Waals surface area (Å²) in [6.45, 7) is 3.46. The van der Waals surface area contributed by atoms with Gasteiger partial charge in [-0.15, -0.1) is 0 Å². The molecule has 0 aliphatic heterocycles. The maximum absolute atomic E-state index is 11.6. The molecular formula is C12H20O4. The van der Waals surface area contributed by atoms with Gasteiger partial charge >= 0.3 is 11.9 Å². The molecule has 0 radical (unpaired) electrons. The highest BCUT2D eigenvalue weighted by molar-refractivity contribution is 5.93. The average molecular weight is 228 g/mol. The SMILES string of the molecule is CC(C)OC(=O)[C@H](CC1CCCC1)C(=O)O. The number of aliphatic carboxylic acids is 1. The first kappa shape index (κ1) is 13.0. The standard InChI is InChI=1S/C12H20O4/c1-8(2)16-12(15)10(11(13)14)7-9-5-3-4-6-9/h8-10H,3-7H2,1-2H3,(H,13,14)/t10-/m1/s1. The van der Waals surface area contributed by atoms with E-state index in [1.807, 2.05) is 0 Å². The van der Waals surface area contributed by atoms with Gasteiger partial charge in [0.1, 0.15) is 0 Å². The Morgan fingerprint density at radius 2 is 1.88 bits per heavy atom. The quantitative estimate of drug-likeness (QED) is 0.579. The van der Waals surface area contributed by atoms with E-state index in [0.29, 0.717) is 12.3 Å². The first-order chi connectivity index (χ1) is 7.50. The number of esters is 1. The van der Waals surface area contributed by atoms with Crippen LogP contribution in [0.5, 0.6) is 0 Å². The smallest absolute Gasteiger partial charge is 0.320 e. The summed E-state index contributed by atoms with van der Waals surface area (Å²) in [7, 11) is 0. The molecule has 16 heavy (non-hydrogen) atoms. The molecule has 0 aromatic carbocycles. The van der Waals surface area contributed by atoms with Gasteiger partial charge in [0.2, 0.25) is 0 Å². The highest BCUT2D eigenvalue weighted by atomic mass is 16.5. The minimum Gasteiger partial charge on any atom is -0.481 e. The third-order valence-electron chi connectivity index (χ3n) is 2.98. The highest BCUT2D eigenvalue weighted by Crippen LogP contribution is 2.30. The lowest BCUT2D eigenvalue weighted by atomic mass is 9.93. The third kappa shape index (κ3) is 3.83. The zero-order valence-electron chi connectivity index (χ0n) is 9.94. The van der Waals surface area contributed by atoms with Crippen LogP contribution in [-0.2, 0) is 14.3 Å². The summed E-state index contributed by atoms with van der Waals surface area (Å²) in [5.41, 5.74) is 0. The van der Waals surface area contributed by atoms with E-state index in [2.05, 4.69) is 0 Å². The molecule has 0 amide bonds. The number of hydrogen-bond acceptors (Lipinski definition) is 3. The normalized spacial score (nSPS) is 18.7. The van der Waals surface area contributed by atoms with Crippen LogP contribution in [0.1, 0.15) is 46.0 Å². The van der Waals surface area contributed by atoms with Crippen LogP contribution < -0.4 is 0 Å². The van der Waals surface area contributed by atoms with Gasteiger partial charge in [0.15, 0.2) is 5.92 Å². The number of hydrogen-bond donors (Lipinski definition) is 1. The first-order valence-corrected chi connectivity index (χ1v) is 5.94. The van der Waals surface area contributed by atoms with E-state index in [-0.39, 0.29) is 6.10 Å². The van der Waals surface area contributed by atoms with Gasteiger partial charge in [-0.25, -0.2) is 0 Å². The van der Waals surface area contributed by atoms with Gasteiger partial charge in [0.25, 0.3) is 0 Å². The zero-order valence-corrected chi connectivity index (χ0v) is 9.94. The molecule has 0 unspecified atom stereocenters. The summed E-state index contributed by atoms with van der Waals surface area (Å²) >= 11 is 0.